The predicted octanol–water partition coefficient (Wildman–Crippen LogP) is 3.21. The normalized spacial score (nSPS) is 13.1. The average molecular weight is 502 g/mol. The molecular weight excluding hydrogens is 486 g/mol. The second-order valence-corrected chi connectivity index (χ2v) is 10.9. The van der Waals surface area contributed by atoms with Gasteiger partial charge in [-0.15, -0.1) is 11.3 Å². The number of hydrogen-bond acceptors (Lipinski definition) is 7. The Morgan fingerprint density at radius 3 is 2.58 bits per heavy atom. The van der Waals surface area contributed by atoms with Crippen molar-refractivity contribution in [3.05, 3.63) is 80.7 Å². The van der Waals surface area contributed by atoms with E-state index in [1.54, 1.807) is 22.8 Å². The van der Waals surface area contributed by atoms with Crippen molar-refractivity contribution >= 4 is 55.5 Å². The molecule has 2 amide bonds. The van der Waals surface area contributed by atoms with E-state index in [-0.39, 0.29) is 15.5 Å². The number of halogens is 1. The molecule has 4 aromatic rings. The number of sulfonamides is 1. The lowest BCUT2D eigenvalue weighted by molar-refractivity contribution is 0.256. The first kappa shape index (κ1) is 21.6. The van der Waals surface area contributed by atoms with E-state index < -0.39 is 16.1 Å². The van der Waals surface area contributed by atoms with Crippen LogP contribution in [0.1, 0.15) is 11.3 Å². The third-order valence-electron chi connectivity index (χ3n) is 5.17. The van der Waals surface area contributed by atoms with Gasteiger partial charge >= 0.3 is 6.03 Å². The van der Waals surface area contributed by atoms with E-state index in [0.717, 1.165) is 28.0 Å². The van der Waals surface area contributed by atoms with Crippen LogP contribution in [0.5, 0.6) is 0 Å². The van der Waals surface area contributed by atoms with Crippen LogP contribution in [0, 0.1) is 0 Å². The number of nitrogens with zero attached hydrogens (tertiary/aromatic N) is 2. The number of pyridine rings is 2. The van der Waals surface area contributed by atoms with Crippen molar-refractivity contribution in [2.24, 2.45) is 0 Å². The molecule has 12 heteroatoms. The zero-order valence-corrected chi connectivity index (χ0v) is 19.2. The van der Waals surface area contributed by atoms with E-state index in [9.17, 15) is 18.0 Å². The third-order valence-corrected chi connectivity index (χ3v) is 8.23. The van der Waals surface area contributed by atoms with Crippen LogP contribution in [0.4, 0.5) is 10.5 Å². The van der Waals surface area contributed by atoms with Gasteiger partial charge in [-0.2, -0.15) is 0 Å². The van der Waals surface area contributed by atoms with Crippen molar-refractivity contribution in [1.29, 1.82) is 0 Å². The molecule has 3 aromatic heterocycles. The molecule has 4 heterocycles. The van der Waals surface area contributed by atoms with Gasteiger partial charge in [0.15, 0.2) is 0 Å². The van der Waals surface area contributed by atoms with Crippen LogP contribution in [0.3, 0.4) is 0 Å². The molecule has 168 valence electrons. The highest BCUT2D eigenvalue weighted by atomic mass is 35.5. The Balaban J connectivity index is 1.41. The minimum absolute atomic E-state index is 0.0748. The second kappa shape index (κ2) is 8.27. The Bertz CT molecular complexity index is 1560. The van der Waals surface area contributed by atoms with Crippen molar-refractivity contribution in [3.8, 4) is 5.82 Å². The van der Waals surface area contributed by atoms with Gasteiger partial charge < -0.3 is 10.6 Å². The predicted molar refractivity (Wildman–Crippen MR) is 127 cm³/mol. The standard InChI is InChI=1S/C21H16ClN5O4S2/c22-17-6-8-19(32-17)33(30,31)26-21(29)25-12-5-7-18(24-9-12)27-16-11-23-10-15(16)13-3-1-2-4-14(13)20(27)28/h1-9,23H,10-11H2,(H2,25,26,29). The van der Waals surface area contributed by atoms with Gasteiger partial charge in [0.25, 0.3) is 15.6 Å². The van der Waals surface area contributed by atoms with Gasteiger partial charge in [-0.25, -0.2) is 22.9 Å². The Morgan fingerprint density at radius 1 is 1.09 bits per heavy atom. The summed E-state index contributed by atoms with van der Waals surface area (Å²) in [6.45, 7) is 1.18. The van der Waals surface area contributed by atoms with Gasteiger partial charge in [0.05, 0.1) is 16.2 Å². The maximum atomic E-state index is 13.2. The van der Waals surface area contributed by atoms with E-state index in [4.69, 9.17) is 11.6 Å². The highest BCUT2D eigenvalue weighted by Gasteiger charge is 2.22. The number of fused-ring (bicyclic) bond motifs is 3. The highest BCUT2D eigenvalue weighted by molar-refractivity contribution is 7.92. The highest BCUT2D eigenvalue weighted by Crippen LogP contribution is 2.26. The average Bonchev–Trinajstić information content (AvgIpc) is 3.44. The van der Waals surface area contributed by atoms with Crippen LogP contribution in [0.2, 0.25) is 4.34 Å². The van der Waals surface area contributed by atoms with Crippen LogP contribution in [0.25, 0.3) is 16.6 Å². The maximum Gasteiger partial charge on any atom is 0.333 e. The number of urea groups is 1. The number of carbonyl (C=O) groups excluding carboxylic acids is 1. The van der Waals surface area contributed by atoms with Crippen molar-refractivity contribution in [2.45, 2.75) is 17.3 Å². The maximum absolute atomic E-state index is 13.2. The molecule has 0 bridgehead atoms. The molecule has 1 aliphatic rings. The van der Waals surface area contributed by atoms with Crippen LogP contribution >= 0.6 is 22.9 Å². The van der Waals surface area contributed by atoms with Gasteiger partial charge in [0.1, 0.15) is 10.0 Å². The molecule has 33 heavy (non-hydrogen) atoms. The first-order chi connectivity index (χ1) is 15.8. The molecule has 0 atom stereocenters. The molecule has 3 N–H and O–H groups in total. The van der Waals surface area contributed by atoms with Gasteiger partial charge in [0.2, 0.25) is 0 Å². The minimum atomic E-state index is -4.04. The molecule has 5 rings (SSSR count). The van der Waals surface area contributed by atoms with E-state index in [0.29, 0.717) is 28.6 Å². The van der Waals surface area contributed by atoms with Crippen molar-refractivity contribution in [3.63, 3.8) is 0 Å². The smallest absolute Gasteiger partial charge is 0.307 e. The molecule has 1 aromatic carbocycles. The summed E-state index contributed by atoms with van der Waals surface area (Å²) in [5, 5.41) is 7.22. The first-order valence-corrected chi connectivity index (χ1v) is 12.4. The molecule has 0 aliphatic carbocycles. The number of thiophene rings is 1. The van der Waals surface area contributed by atoms with Crippen LogP contribution in [0.15, 0.2) is 63.7 Å². The Hall–Kier alpha value is -3.25. The quantitative estimate of drug-likeness (QED) is 0.394. The summed E-state index contributed by atoms with van der Waals surface area (Å²) < 4.78 is 28.2. The number of hydrogen-bond donors (Lipinski definition) is 3. The number of nitrogens with one attached hydrogen (secondary N) is 3. The van der Waals surface area contributed by atoms with E-state index in [2.05, 4.69) is 15.6 Å². The Labute approximate surface area is 197 Å². The molecular formula is C21H16ClN5O4S2. The zero-order chi connectivity index (χ0) is 23.2. The van der Waals surface area contributed by atoms with Crippen LogP contribution < -0.4 is 20.9 Å². The van der Waals surface area contributed by atoms with Crippen molar-refractivity contribution < 1.29 is 13.2 Å². The number of benzene rings is 1. The van der Waals surface area contributed by atoms with Crippen LogP contribution in [-0.4, -0.2) is 24.0 Å². The first-order valence-electron chi connectivity index (χ1n) is 9.75. The fourth-order valence-corrected chi connectivity index (χ4v) is 6.15. The summed E-state index contributed by atoms with van der Waals surface area (Å²) in [5.74, 6) is 0.400. The molecule has 0 fully saturated rings. The van der Waals surface area contributed by atoms with E-state index in [1.165, 1.54) is 18.3 Å². The summed E-state index contributed by atoms with van der Waals surface area (Å²) in [6, 6.07) is 12.4. The summed E-state index contributed by atoms with van der Waals surface area (Å²) in [7, 11) is -4.04. The third kappa shape index (κ3) is 4.00. The summed E-state index contributed by atoms with van der Waals surface area (Å²) >= 11 is 6.61. The largest absolute Gasteiger partial charge is 0.333 e. The van der Waals surface area contributed by atoms with E-state index >= 15 is 0 Å². The van der Waals surface area contributed by atoms with Gasteiger partial charge in [-0.05, 0) is 41.3 Å². The number of amides is 2. The number of aromatic nitrogens is 2. The molecule has 0 saturated heterocycles. The second-order valence-electron chi connectivity index (χ2n) is 7.24. The van der Waals surface area contributed by atoms with Gasteiger partial charge in [-0.3, -0.25) is 9.36 Å². The summed E-state index contributed by atoms with van der Waals surface area (Å²) in [4.78, 5) is 29.7. The van der Waals surface area contributed by atoms with Gasteiger partial charge in [-0.1, -0.05) is 29.8 Å². The van der Waals surface area contributed by atoms with E-state index in [1.807, 2.05) is 22.9 Å². The number of carbonyl (C=O) groups is 1. The molecule has 9 nitrogen and oxygen atoms in total. The lowest BCUT2D eigenvalue weighted by Crippen LogP contribution is -2.34. The monoisotopic (exact) mass is 501 g/mol. The molecule has 0 radical (unpaired) electrons. The molecule has 0 saturated carbocycles. The summed E-state index contributed by atoms with van der Waals surface area (Å²) in [5.41, 5.74) is 1.97. The lowest BCUT2D eigenvalue weighted by Gasteiger charge is -2.14. The Morgan fingerprint density at radius 2 is 1.88 bits per heavy atom. The molecule has 0 unspecified atom stereocenters. The Kier molecular flexibility index (Phi) is 5.41. The SMILES string of the molecule is O=C(Nc1ccc(-n2c3c(c4ccccc4c2=O)CNC3)nc1)NS(=O)(=O)c1ccc(Cl)s1. The number of anilines is 1. The fourth-order valence-electron chi connectivity index (χ4n) is 3.76. The summed E-state index contributed by atoms with van der Waals surface area (Å²) in [6.07, 6.45) is 1.36. The fraction of sp³-hybridized carbons (Fsp3) is 0.0952. The zero-order valence-electron chi connectivity index (χ0n) is 16.8. The molecule has 1 aliphatic heterocycles. The van der Waals surface area contributed by atoms with Crippen LogP contribution in [-0.2, 0) is 23.1 Å². The number of rotatable bonds is 4. The van der Waals surface area contributed by atoms with Crippen molar-refractivity contribution in [2.75, 3.05) is 5.32 Å². The lowest BCUT2D eigenvalue weighted by atomic mass is 10.1. The minimum Gasteiger partial charge on any atom is -0.307 e. The topological polar surface area (TPSA) is 122 Å². The molecule has 0 spiro atoms. The van der Waals surface area contributed by atoms with Gasteiger partial charge in [0, 0.05) is 24.2 Å². The van der Waals surface area contributed by atoms with Crippen molar-refractivity contribution in [1.82, 2.24) is 19.6 Å².